The number of anilines is 1. The summed E-state index contributed by atoms with van der Waals surface area (Å²) in [6, 6.07) is 10.4. The number of ether oxygens (including phenoxy) is 2. The van der Waals surface area contributed by atoms with Gasteiger partial charge in [0, 0.05) is 25.1 Å². The van der Waals surface area contributed by atoms with Gasteiger partial charge in [0.1, 0.15) is 0 Å². The molecule has 2 N–H and O–H groups in total. The van der Waals surface area contributed by atoms with Gasteiger partial charge >= 0.3 is 11.9 Å². The number of benzene rings is 2. The van der Waals surface area contributed by atoms with Crippen molar-refractivity contribution in [3.8, 4) is 22.6 Å². The van der Waals surface area contributed by atoms with Gasteiger partial charge in [-0.2, -0.15) is 0 Å². The monoisotopic (exact) mass is 298 g/mol. The summed E-state index contributed by atoms with van der Waals surface area (Å²) in [4.78, 5) is 22.3. The minimum absolute atomic E-state index is 0.161. The number of hydrogen-bond acceptors (Lipinski definition) is 5. The van der Waals surface area contributed by atoms with Crippen LogP contribution in [0.2, 0.25) is 0 Å². The Morgan fingerprint density at radius 3 is 2.27 bits per heavy atom. The summed E-state index contributed by atoms with van der Waals surface area (Å²) in [6.45, 7) is 6.40. The zero-order chi connectivity index (χ0) is 16.3. The normalized spacial score (nSPS) is 10.1. The summed E-state index contributed by atoms with van der Waals surface area (Å²) >= 11 is 0. The third-order valence-electron chi connectivity index (χ3n) is 2.96. The van der Waals surface area contributed by atoms with Crippen molar-refractivity contribution in [3.05, 3.63) is 48.9 Å². The lowest BCUT2D eigenvalue weighted by molar-refractivity contribution is -0.134. The number of carbonyl (C=O) groups excluding carboxylic acids is 2. The maximum absolute atomic E-state index is 11.2. The number of nitrogen functional groups attached to an aromatic ring is 1. The lowest BCUT2D eigenvalue weighted by atomic mass is 10.0. The molecule has 2 aromatic carbocycles. The van der Waals surface area contributed by atoms with E-state index in [1.807, 2.05) is 12.1 Å². The highest BCUT2D eigenvalue weighted by atomic mass is 16.6. The Morgan fingerprint density at radius 2 is 1.64 bits per heavy atom. The summed E-state index contributed by atoms with van der Waals surface area (Å²) < 4.78 is 10.1. The molecule has 0 amide bonds. The Balaban J connectivity index is 2.52. The van der Waals surface area contributed by atoms with Gasteiger partial charge in [-0.1, -0.05) is 24.3 Å². The van der Waals surface area contributed by atoms with Crippen LogP contribution in [0.5, 0.6) is 11.5 Å². The second-order valence-corrected chi connectivity index (χ2v) is 4.73. The molecule has 0 saturated carbocycles. The maximum Gasteiger partial charge on any atom is 0.308 e. The van der Waals surface area contributed by atoms with Crippen LogP contribution < -0.4 is 15.2 Å². The van der Waals surface area contributed by atoms with Crippen molar-refractivity contribution >= 4 is 17.6 Å². The Bertz CT molecular complexity index is 737. The third-order valence-corrected chi connectivity index (χ3v) is 2.96. The van der Waals surface area contributed by atoms with Crippen molar-refractivity contribution in [3.63, 3.8) is 0 Å². The van der Waals surface area contributed by atoms with Crippen LogP contribution in [0, 0.1) is 6.92 Å². The van der Waals surface area contributed by atoms with Crippen molar-refractivity contribution in [2.45, 2.75) is 13.8 Å². The summed E-state index contributed by atoms with van der Waals surface area (Å²) in [7, 11) is 0. The zero-order valence-corrected chi connectivity index (χ0v) is 12.4. The second kappa shape index (κ2) is 6.30. The number of para-hydroxylation sites is 1. The van der Waals surface area contributed by atoms with E-state index in [-0.39, 0.29) is 11.5 Å². The topological polar surface area (TPSA) is 78.6 Å². The van der Waals surface area contributed by atoms with Crippen molar-refractivity contribution in [2.24, 2.45) is 0 Å². The van der Waals surface area contributed by atoms with Crippen LogP contribution in [0.3, 0.4) is 0 Å². The first-order valence-electron chi connectivity index (χ1n) is 6.60. The molecule has 2 aromatic rings. The molecule has 5 nitrogen and oxygen atoms in total. The van der Waals surface area contributed by atoms with Gasteiger partial charge < -0.3 is 15.2 Å². The average Bonchev–Trinajstić information content (AvgIpc) is 2.43. The fourth-order valence-corrected chi connectivity index (χ4v) is 2.01. The molecule has 2 rings (SSSR count). The highest BCUT2D eigenvalue weighted by Gasteiger charge is 2.13. The largest absolute Gasteiger partial charge is 0.423 e. The molecule has 0 bridgehead atoms. The summed E-state index contributed by atoms with van der Waals surface area (Å²) in [6.07, 6.45) is 0. The van der Waals surface area contributed by atoms with Gasteiger partial charge in [0.15, 0.2) is 11.5 Å². The Labute approximate surface area is 128 Å². The maximum atomic E-state index is 11.2. The molecular formula is C17H16NO4. The van der Waals surface area contributed by atoms with Crippen molar-refractivity contribution in [1.82, 2.24) is 0 Å². The number of rotatable bonds is 3. The molecule has 0 aromatic heterocycles. The van der Waals surface area contributed by atoms with Crippen LogP contribution >= 0.6 is 0 Å². The van der Waals surface area contributed by atoms with E-state index < -0.39 is 11.9 Å². The molecule has 0 heterocycles. The minimum Gasteiger partial charge on any atom is -0.423 e. The summed E-state index contributed by atoms with van der Waals surface area (Å²) in [5.74, 6) is -0.672. The predicted molar refractivity (Wildman–Crippen MR) is 83.4 cm³/mol. The molecule has 0 atom stereocenters. The smallest absolute Gasteiger partial charge is 0.308 e. The highest BCUT2D eigenvalue weighted by Crippen LogP contribution is 2.35. The molecule has 0 aliphatic rings. The third kappa shape index (κ3) is 3.44. The number of hydrogen-bond donors (Lipinski definition) is 1. The molecule has 0 aliphatic carbocycles. The number of esters is 2. The van der Waals surface area contributed by atoms with Gasteiger partial charge in [-0.3, -0.25) is 9.59 Å². The minimum atomic E-state index is -0.510. The summed E-state index contributed by atoms with van der Waals surface area (Å²) in [5, 5.41) is 0. The molecule has 0 fully saturated rings. The fraction of sp³-hybridized carbons (Fsp3) is 0.118. The van der Waals surface area contributed by atoms with E-state index in [1.165, 1.54) is 13.8 Å². The lowest BCUT2D eigenvalue weighted by Gasteiger charge is -2.12. The van der Waals surface area contributed by atoms with Gasteiger partial charge in [0.05, 0.1) is 0 Å². The van der Waals surface area contributed by atoms with Crippen LogP contribution in [0.4, 0.5) is 5.69 Å². The molecule has 0 saturated heterocycles. The van der Waals surface area contributed by atoms with E-state index in [0.29, 0.717) is 11.3 Å². The van der Waals surface area contributed by atoms with E-state index >= 15 is 0 Å². The van der Waals surface area contributed by atoms with Crippen molar-refractivity contribution in [1.29, 1.82) is 0 Å². The second-order valence-electron chi connectivity index (χ2n) is 4.73. The average molecular weight is 298 g/mol. The first-order chi connectivity index (χ1) is 10.4. The molecule has 113 valence electrons. The highest BCUT2D eigenvalue weighted by molar-refractivity contribution is 5.82. The number of nitrogens with two attached hydrogens (primary N) is 1. The van der Waals surface area contributed by atoms with Crippen LogP contribution in [-0.4, -0.2) is 11.9 Å². The molecule has 5 heteroatoms. The molecule has 0 unspecified atom stereocenters. The van der Waals surface area contributed by atoms with Crippen molar-refractivity contribution < 1.29 is 19.1 Å². The van der Waals surface area contributed by atoms with Gasteiger partial charge in [0.25, 0.3) is 0 Å². The molecule has 1 radical (unpaired) electrons. The van der Waals surface area contributed by atoms with Gasteiger partial charge in [0.2, 0.25) is 0 Å². The van der Waals surface area contributed by atoms with Crippen LogP contribution in [0.25, 0.3) is 11.1 Å². The standard InChI is InChI=1S/C17H16NO4/c1-10-5-4-6-14(17(10)18)13-7-8-15(21-11(2)19)16(9-13)22-12(3)20/h4-9H,1,18H2,2-3H3. The van der Waals surface area contributed by atoms with Crippen molar-refractivity contribution in [2.75, 3.05) is 5.73 Å². The Morgan fingerprint density at radius 1 is 1.00 bits per heavy atom. The van der Waals surface area contributed by atoms with E-state index in [9.17, 15) is 9.59 Å². The predicted octanol–water partition coefficient (Wildman–Crippen LogP) is 2.97. The van der Waals surface area contributed by atoms with Crippen LogP contribution in [0.15, 0.2) is 36.4 Å². The Hall–Kier alpha value is -2.82. The zero-order valence-electron chi connectivity index (χ0n) is 12.4. The molecular weight excluding hydrogens is 282 g/mol. The van der Waals surface area contributed by atoms with E-state index in [2.05, 4.69) is 6.92 Å². The van der Waals surface area contributed by atoms with Gasteiger partial charge in [-0.05, 0) is 30.2 Å². The molecule has 0 spiro atoms. The Kier molecular flexibility index (Phi) is 4.46. The van der Waals surface area contributed by atoms with Crippen LogP contribution in [-0.2, 0) is 9.59 Å². The van der Waals surface area contributed by atoms with E-state index in [1.54, 1.807) is 24.3 Å². The molecule has 22 heavy (non-hydrogen) atoms. The quantitative estimate of drug-likeness (QED) is 0.535. The first kappa shape index (κ1) is 15.6. The van der Waals surface area contributed by atoms with Gasteiger partial charge in [-0.15, -0.1) is 0 Å². The fourth-order valence-electron chi connectivity index (χ4n) is 2.01. The van der Waals surface area contributed by atoms with Gasteiger partial charge in [-0.25, -0.2) is 0 Å². The summed E-state index contributed by atoms with van der Waals surface area (Å²) in [5.41, 5.74) is 8.76. The van der Waals surface area contributed by atoms with Crippen LogP contribution in [0.1, 0.15) is 19.4 Å². The van der Waals surface area contributed by atoms with E-state index in [4.69, 9.17) is 15.2 Å². The lowest BCUT2D eigenvalue weighted by Crippen LogP contribution is -2.07. The SMILES string of the molecule is [CH2]c1cccc(-c2ccc(OC(C)=O)c(OC(C)=O)c2)c1N. The number of carbonyl (C=O) groups is 2. The first-order valence-corrected chi connectivity index (χ1v) is 6.60. The molecule has 0 aliphatic heterocycles. The van der Waals surface area contributed by atoms with E-state index in [0.717, 1.165) is 11.1 Å².